The SMILES string of the molecule is CC1CC(F)(C(F)(F)F)C(C)(F)O1. The van der Waals surface area contributed by atoms with Crippen molar-refractivity contribution >= 4 is 0 Å². The van der Waals surface area contributed by atoms with Crippen LogP contribution in [0.5, 0.6) is 0 Å². The Hall–Kier alpha value is -0.390. The predicted molar refractivity (Wildman–Crippen MR) is 34.6 cm³/mol. The molecule has 1 heterocycles. The maximum absolute atomic E-state index is 13.2. The Bertz CT molecular complexity index is 211. The largest absolute Gasteiger partial charge is 0.428 e. The standard InChI is InChI=1S/C7H9F5O/c1-4-3-6(9,7(10,11)12)5(2,8)13-4/h4H,3H2,1-2H3. The quantitative estimate of drug-likeness (QED) is 0.551. The Labute approximate surface area is 71.9 Å². The molecule has 6 heteroatoms. The Balaban J connectivity index is 3.03. The Morgan fingerprint density at radius 1 is 1.31 bits per heavy atom. The van der Waals surface area contributed by atoms with Crippen molar-refractivity contribution in [3.8, 4) is 0 Å². The second-order valence-electron chi connectivity index (χ2n) is 3.35. The van der Waals surface area contributed by atoms with E-state index in [1.165, 1.54) is 6.92 Å². The van der Waals surface area contributed by atoms with Crippen molar-refractivity contribution in [2.24, 2.45) is 0 Å². The molecule has 1 aliphatic rings. The predicted octanol–water partition coefficient (Wildman–Crippen LogP) is 2.75. The van der Waals surface area contributed by atoms with Crippen LogP contribution in [0.25, 0.3) is 0 Å². The molecule has 0 spiro atoms. The first kappa shape index (κ1) is 10.7. The molecular formula is C7H9F5O. The van der Waals surface area contributed by atoms with Gasteiger partial charge in [0.15, 0.2) is 0 Å². The third-order valence-corrected chi connectivity index (χ3v) is 2.15. The highest BCUT2D eigenvalue weighted by Crippen LogP contribution is 2.52. The average molecular weight is 204 g/mol. The van der Waals surface area contributed by atoms with Crippen LogP contribution in [0.3, 0.4) is 0 Å². The van der Waals surface area contributed by atoms with E-state index in [9.17, 15) is 22.0 Å². The summed E-state index contributed by atoms with van der Waals surface area (Å²) in [5.41, 5.74) is -3.89. The Morgan fingerprint density at radius 3 is 1.92 bits per heavy atom. The Morgan fingerprint density at radius 2 is 1.77 bits per heavy atom. The van der Waals surface area contributed by atoms with Gasteiger partial charge in [0.2, 0.25) is 5.85 Å². The number of halogens is 5. The second kappa shape index (κ2) is 2.56. The van der Waals surface area contributed by atoms with Gasteiger partial charge in [-0.05, 0) is 13.8 Å². The summed E-state index contributed by atoms with van der Waals surface area (Å²) in [7, 11) is 0. The van der Waals surface area contributed by atoms with Crippen LogP contribution >= 0.6 is 0 Å². The summed E-state index contributed by atoms with van der Waals surface area (Å²) >= 11 is 0. The van der Waals surface area contributed by atoms with Crippen LogP contribution < -0.4 is 0 Å². The van der Waals surface area contributed by atoms with Gasteiger partial charge >= 0.3 is 6.18 Å². The molecule has 1 rings (SSSR count). The molecule has 0 aliphatic carbocycles. The second-order valence-corrected chi connectivity index (χ2v) is 3.35. The van der Waals surface area contributed by atoms with Crippen LogP contribution in [-0.2, 0) is 4.74 Å². The molecule has 0 radical (unpaired) electrons. The first-order valence-corrected chi connectivity index (χ1v) is 3.72. The van der Waals surface area contributed by atoms with Crippen LogP contribution in [0.2, 0.25) is 0 Å². The van der Waals surface area contributed by atoms with Crippen molar-refractivity contribution < 1.29 is 26.7 Å². The summed E-state index contributed by atoms with van der Waals surface area (Å²) in [4.78, 5) is 0. The summed E-state index contributed by atoms with van der Waals surface area (Å²) < 4.78 is 66.9. The van der Waals surface area contributed by atoms with Crippen LogP contribution in [0.15, 0.2) is 0 Å². The van der Waals surface area contributed by atoms with Crippen molar-refractivity contribution in [2.45, 2.75) is 44.1 Å². The normalized spacial score (nSPS) is 46.8. The fourth-order valence-corrected chi connectivity index (χ4v) is 1.46. The summed E-state index contributed by atoms with van der Waals surface area (Å²) in [5.74, 6) is -3.29. The van der Waals surface area contributed by atoms with E-state index < -0.39 is 30.2 Å². The summed E-state index contributed by atoms with van der Waals surface area (Å²) in [6.45, 7) is 1.66. The monoisotopic (exact) mass is 204 g/mol. The van der Waals surface area contributed by atoms with E-state index in [0.29, 0.717) is 6.92 Å². The van der Waals surface area contributed by atoms with Crippen LogP contribution in [0.1, 0.15) is 20.3 Å². The van der Waals surface area contributed by atoms with E-state index in [4.69, 9.17) is 0 Å². The van der Waals surface area contributed by atoms with Gasteiger partial charge in [-0.2, -0.15) is 13.2 Å². The number of rotatable bonds is 0. The van der Waals surface area contributed by atoms with Crippen LogP contribution in [0.4, 0.5) is 22.0 Å². The zero-order valence-electron chi connectivity index (χ0n) is 7.08. The zero-order chi connectivity index (χ0) is 10.5. The van der Waals surface area contributed by atoms with E-state index in [0.717, 1.165) is 0 Å². The molecular weight excluding hydrogens is 195 g/mol. The van der Waals surface area contributed by atoms with Gasteiger partial charge in [0.1, 0.15) is 0 Å². The minimum Gasteiger partial charge on any atom is -0.340 e. The Kier molecular flexibility index (Phi) is 2.10. The van der Waals surface area contributed by atoms with Gasteiger partial charge in [0.25, 0.3) is 5.67 Å². The lowest BCUT2D eigenvalue weighted by molar-refractivity contribution is -0.297. The zero-order valence-corrected chi connectivity index (χ0v) is 7.08. The minimum atomic E-state index is -5.23. The molecule has 0 amide bonds. The van der Waals surface area contributed by atoms with Crippen molar-refractivity contribution in [3.63, 3.8) is 0 Å². The molecule has 1 fully saturated rings. The molecule has 13 heavy (non-hydrogen) atoms. The smallest absolute Gasteiger partial charge is 0.340 e. The first-order chi connectivity index (χ1) is 5.60. The van der Waals surface area contributed by atoms with E-state index in [-0.39, 0.29) is 0 Å². The molecule has 3 atom stereocenters. The van der Waals surface area contributed by atoms with Crippen LogP contribution in [0, 0.1) is 0 Å². The highest BCUT2D eigenvalue weighted by Gasteiger charge is 2.72. The van der Waals surface area contributed by atoms with Gasteiger partial charge in [-0.25, -0.2) is 8.78 Å². The number of alkyl halides is 5. The molecule has 0 saturated carbocycles. The molecule has 0 N–H and O–H groups in total. The van der Waals surface area contributed by atoms with E-state index in [1.54, 1.807) is 0 Å². The number of hydrogen-bond donors (Lipinski definition) is 0. The lowest BCUT2D eigenvalue weighted by Gasteiger charge is -2.30. The van der Waals surface area contributed by atoms with Gasteiger partial charge in [-0.3, -0.25) is 0 Å². The molecule has 0 aromatic rings. The fourth-order valence-electron chi connectivity index (χ4n) is 1.46. The number of hydrogen-bond acceptors (Lipinski definition) is 1. The fraction of sp³-hybridized carbons (Fsp3) is 1.00. The maximum atomic E-state index is 13.2. The van der Waals surface area contributed by atoms with E-state index in [1.807, 2.05) is 0 Å². The van der Waals surface area contributed by atoms with Gasteiger partial charge in [-0.15, -0.1) is 0 Å². The maximum Gasteiger partial charge on any atom is 0.428 e. The molecule has 1 saturated heterocycles. The lowest BCUT2D eigenvalue weighted by atomic mass is 9.94. The molecule has 3 unspecified atom stereocenters. The first-order valence-electron chi connectivity index (χ1n) is 3.72. The van der Waals surface area contributed by atoms with Crippen LogP contribution in [-0.4, -0.2) is 23.8 Å². The topological polar surface area (TPSA) is 9.23 Å². The van der Waals surface area contributed by atoms with Gasteiger partial charge in [0, 0.05) is 6.42 Å². The minimum absolute atomic E-state index is 0.462. The van der Waals surface area contributed by atoms with Crippen molar-refractivity contribution in [1.82, 2.24) is 0 Å². The van der Waals surface area contributed by atoms with Gasteiger partial charge in [-0.1, -0.05) is 0 Å². The van der Waals surface area contributed by atoms with E-state index >= 15 is 0 Å². The summed E-state index contributed by atoms with van der Waals surface area (Å²) in [6.07, 6.45) is -7.30. The third kappa shape index (κ3) is 1.41. The van der Waals surface area contributed by atoms with E-state index in [2.05, 4.69) is 4.74 Å². The molecule has 0 aromatic carbocycles. The third-order valence-electron chi connectivity index (χ3n) is 2.15. The van der Waals surface area contributed by atoms with Gasteiger partial charge in [0.05, 0.1) is 6.10 Å². The van der Waals surface area contributed by atoms with Crippen molar-refractivity contribution in [1.29, 1.82) is 0 Å². The molecule has 0 aromatic heterocycles. The highest BCUT2D eigenvalue weighted by atomic mass is 19.4. The molecule has 1 nitrogen and oxygen atoms in total. The highest BCUT2D eigenvalue weighted by molar-refractivity contribution is 5.03. The summed E-state index contributed by atoms with van der Waals surface area (Å²) in [5, 5.41) is 0. The van der Waals surface area contributed by atoms with Crippen molar-refractivity contribution in [2.75, 3.05) is 0 Å². The summed E-state index contributed by atoms with van der Waals surface area (Å²) in [6, 6.07) is 0. The number of ether oxygens (including phenoxy) is 1. The average Bonchev–Trinajstić information content (AvgIpc) is 2.00. The molecule has 0 bridgehead atoms. The molecule has 1 aliphatic heterocycles. The molecule has 78 valence electrons. The lowest BCUT2D eigenvalue weighted by Crippen LogP contribution is -2.52. The van der Waals surface area contributed by atoms with Crippen molar-refractivity contribution in [3.05, 3.63) is 0 Å². The van der Waals surface area contributed by atoms with Gasteiger partial charge < -0.3 is 4.74 Å².